The van der Waals surface area contributed by atoms with E-state index in [9.17, 15) is 9.59 Å². The number of imidazole rings is 1. The summed E-state index contributed by atoms with van der Waals surface area (Å²) in [5.74, 6) is 1.43. The van der Waals surface area contributed by atoms with Gasteiger partial charge in [-0.3, -0.25) is 14.2 Å². The van der Waals surface area contributed by atoms with Crippen LogP contribution in [-0.2, 0) is 14.3 Å². The highest BCUT2D eigenvalue weighted by molar-refractivity contribution is 5.80. The van der Waals surface area contributed by atoms with Gasteiger partial charge in [0.25, 0.3) is 0 Å². The Kier molecular flexibility index (Phi) is 6.25. The number of amides is 1. The number of piperidine rings is 2. The molecule has 2 aromatic rings. The Hall–Kier alpha value is -2.97. The Labute approximate surface area is 176 Å². The van der Waals surface area contributed by atoms with Crippen LogP contribution in [0.3, 0.4) is 0 Å². The van der Waals surface area contributed by atoms with Crippen molar-refractivity contribution in [2.75, 3.05) is 37.7 Å². The van der Waals surface area contributed by atoms with E-state index in [4.69, 9.17) is 4.74 Å². The molecule has 0 bridgehead atoms. The summed E-state index contributed by atoms with van der Waals surface area (Å²) in [6.45, 7) is 4.95. The van der Waals surface area contributed by atoms with Crippen molar-refractivity contribution >= 4 is 17.7 Å². The molecule has 2 aliphatic rings. The van der Waals surface area contributed by atoms with E-state index in [1.54, 1.807) is 18.9 Å². The van der Waals surface area contributed by atoms with Crippen molar-refractivity contribution in [1.29, 1.82) is 0 Å². The molecule has 2 aliphatic heterocycles. The lowest BCUT2D eigenvalue weighted by Crippen LogP contribution is -2.47. The van der Waals surface area contributed by atoms with Gasteiger partial charge in [0.1, 0.15) is 24.3 Å². The molecule has 0 saturated carbocycles. The molecule has 4 rings (SSSR count). The van der Waals surface area contributed by atoms with Crippen LogP contribution in [0.25, 0.3) is 5.82 Å². The first-order valence-electron chi connectivity index (χ1n) is 10.7. The molecule has 9 nitrogen and oxygen atoms in total. The van der Waals surface area contributed by atoms with E-state index in [1.165, 1.54) is 0 Å². The Bertz CT molecular complexity index is 863. The Morgan fingerprint density at radius 3 is 2.63 bits per heavy atom. The monoisotopic (exact) mass is 412 g/mol. The van der Waals surface area contributed by atoms with Gasteiger partial charge in [0.15, 0.2) is 0 Å². The number of carbonyl (C=O) groups is 2. The SMILES string of the molecule is CCOC(=O)C1CCCN(C(=O)C2CCN(c3cc(-n4ccnc4)ncn3)CC2)C1. The van der Waals surface area contributed by atoms with Crippen LogP contribution in [-0.4, -0.2) is 69.1 Å². The van der Waals surface area contributed by atoms with E-state index in [-0.39, 0.29) is 23.7 Å². The Morgan fingerprint density at radius 1 is 1.10 bits per heavy atom. The van der Waals surface area contributed by atoms with Gasteiger partial charge in [0, 0.05) is 50.6 Å². The minimum Gasteiger partial charge on any atom is -0.466 e. The van der Waals surface area contributed by atoms with Crippen molar-refractivity contribution in [2.24, 2.45) is 11.8 Å². The molecule has 2 aromatic heterocycles. The third-order valence-electron chi connectivity index (χ3n) is 5.93. The molecular weight excluding hydrogens is 384 g/mol. The van der Waals surface area contributed by atoms with Crippen molar-refractivity contribution in [2.45, 2.75) is 32.6 Å². The van der Waals surface area contributed by atoms with E-state index in [0.717, 1.165) is 57.0 Å². The van der Waals surface area contributed by atoms with Crippen LogP contribution in [0, 0.1) is 11.8 Å². The van der Waals surface area contributed by atoms with Crippen molar-refractivity contribution in [3.05, 3.63) is 31.1 Å². The normalized spacial score (nSPS) is 20.2. The minimum atomic E-state index is -0.189. The van der Waals surface area contributed by atoms with Crippen LogP contribution < -0.4 is 4.90 Å². The molecule has 30 heavy (non-hydrogen) atoms. The first-order chi connectivity index (χ1) is 14.7. The molecular formula is C21H28N6O3. The average molecular weight is 412 g/mol. The second kappa shape index (κ2) is 9.23. The third kappa shape index (κ3) is 4.44. The molecule has 160 valence electrons. The summed E-state index contributed by atoms with van der Waals surface area (Å²) in [5, 5.41) is 0. The lowest BCUT2D eigenvalue weighted by Gasteiger charge is -2.37. The van der Waals surface area contributed by atoms with Gasteiger partial charge in [-0.2, -0.15) is 0 Å². The predicted octanol–water partition coefficient (Wildman–Crippen LogP) is 1.68. The molecule has 0 aromatic carbocycles. The second-order valence-electron chi connectivity index (χ2n) is 7.84. The summed E-state index contributed by atoms with van der Waals surface area (Å²) in [6, 6.07) is 1.94. The predicted molar refractivity (Wildman–Crippen MR) is 110 cm³/mol. The van der Waals surface area contributed by atoms with E-state index in [2.05, 4.69) is 19.9 Å². The van der Waals surface area contributed by atoms with Crippen LogP contribution in [0.2, 0.25) is 0 Å². The van der Waals surface area contributed by atoms with E-state index < -0.39 is 0 Å². The van der Waals surface area contributed by atoms with Crippen LogP contribution in [0.5, 0.6) is 0 Å². The highest BCUT2D eigenvalue weighted by Crippen LogP contribution is 2.26. The fourth-order valence-electron chi connectivity index (χ4n) is 4.29. The van der Waals surface area contributed by atoms with Gasteiger partial charge in [-0.05, 0) is 32.6 Å². The quantitative estimate of drug-likeness (QED) is 0.690. The topological polar surface area (TPSA) is 93.5 Å². The van der Waals surface area contributed by atoms with Gasteiger partial charge in [-0.15, -0.1) is 0 Å². The molecule has 1 unspecified atom stereocenters. The zero-order chi connectivity index (χ0) is 20.9. The van der Waals surface area contributed by atoms with Gasteiger partial charge in [0.2, 0.25) is 5.91 Å². The Morgan fingerprint density at radius 2 is 1.90 bits per heavy atom. The molecule has 0 radical (unpaired) electrons. The number of hydrogen-bond acceptors (Lipinski definition) is 7. The minimum absolute atomic E-state index is 0.00264. The smallest absolute Gasteiger partial charge is 0.310 e. The molecule has 1 amide bonds. The van der Waals surface area contributed by atoms with E-state index in [1.807, 2.05) is 28.7 Å². The highest BCUT2D eigenvalue weighted by atomic mass is 16.5. The molecule has 4 heterocycles. The number of aromatic nitrogens is 4. The van der Waals surface area contributed by atoms with Gasteiger partial charge in [-0.1, -0.05) is 0 Å². The van der Waals surface area contributed by atoms with Gasteiger partial charge in [-0.25, -0.2) is 15.0 Å². The number of anilines is 1. The van der Waals surface area contributed by atoms with Crippen molar-refractivity contribution in [3.8, 4) is 5.82 Å². The van der Waals surface area contributed by atoms with Crippen molar-refractivity contribution in [1.82, 2.24) is 24.4 Å². The summed E-state index contributed by atoms with van der Waals surface area (Å²) >= 11 is 0. The molecule has 0 spiro atoms. The zero-order valence-electron chi connectivity index (χ0n) is 17.3. The summed E-state index contributed by atoms with van der Waals surface area (Å²) in [4.78, 5) is 42.0. The maximum atomic E-state index is 13.1. The van der Waals surface area contributed by atoms with Crippen LogP contribution in [0.4, 0.5) is 5.82 Å². The molecule has 1 atom stereocenters. The first kappa shape index (κ1) is 20.3. The van der Waals surface area contributed by atoms with E-state index >= 15 is 0 Å². The molecule has 0 aliphatic carbocycles. The maximum Gasteiger partial charge on any atom is 0.310 e. The second-order valence-corrected chi connectivity index (χ2v) is 7.84. The standard InChI is InChI=1S/C21H28N6O3/c1-2-30-21(29)17-4-3-8-26(13-17)20(28)16-5-9-25(10-6-16)18-12-19(24-14-23-18)27-11-7-22-15-27/h7,11-12,14-17H,2-6,8-10,13H2,1H3. The van der Waals surface area contributed by atoms with Crippen molar-refractivity contribution < 1.29 is 14.3 Å². The number of esters is 1. The summed E-state index contributed by atoms with van der Waals surface area (Å²) < 4.78 is 7.00. The lowest BCUT2D eigenvalue weighted by molar-refractivity contribution is -0.152. The van der Waals surface area contributed by atoms with Crippen molar-refractivity contribution in [3.63, 3.8) is 0 Å². The number of carbonyl (C=O) groups excluding carboxylic acids is 2. The first-order valence-corrected chi connectivity index (χ1v) is 10.7. The van der Waals surface area contributed by atoms with Crippen LogP contribution in [0.15, 0.2) is 31.1 Å². The van der Waals surface area contributed by atoms with Gasteiger partial charge in [0.05, 0.1) is 12.5 Å². The fourth-order valence-corrected chi connectivity index (χ4v) is 4.29. The number of ether oxygens (including phenoxy) is 1. The fraction of sp³-hybridized carbons (Fsp3) is 0.571. The maximum absolute atomic E-state index is 13.1. The largest absolute Gasteiger partial charge is 0.466 e. The number of likely N-dealkylation sites (tertiary alicyclic amines) is 1. The van der Waals surface area contributed by atoms with Crippen LogP contribution >= 0.6 is 0 Å². The average Bonchev–Trinajstić information content (AvgIpc) is 3.34. The van der Waals surface area contributed by atoms with Gasteiger partial charge >= 0.3 is 5.97 Å². The Balaban J connectivity index is 1.34. The van der Waals surface area contributed by atoms with E-state index in [0.29, 0.717) is 13.2 Å². The highest BCUT2D eigenvalue weighted by Gasteiger charge is 2.34. The molecule has 2 saturated heterocycles. The summed E-state index contributed by atoms with van der Waals surface area (Å²) in [6.07, 6.45) is 10.0. The number of rotatable bonds is 5. The molecule has 0 N–H and O–H groups in total. The zero-order valence-corrected chi connectivity index (χ0v) is 17.3. The third-order valence-corrected chi connectivity index (χ3v) is 5.93. The number of hydrogen-bond donors (Lipinski definition) is 0. The molecule has 9 heteroatoms. The lowest BCUT2D eigenvalue weighted by atomic mass is 9.92. The molecule has 2 fully saturated rings. The number of nitrogens with zero attached hydrogens (tertiary/aromatic N) is 6. The summed E-state index contributed by atoms with van der Waals surface area (Å²) in [5.41, 5.74) is 0. The van der Waals surface area contributed by atoms with Crippen LogP contribution in [0.1, 0.15) is 32.6 Å². The van der Waals surface area contributed by atoms with Gasteiger partial charge < -0.3 is 14.5 Å². The summed E-state index contributed by atoms with van der Waals surface area (Å²) in [7, 11) is 0.